The van der Waals surface area contributed by atoms with Gasteiger partial charge in [0.1, 0.15) is 0 Å². The molecule has 1 atom stereocenters. The monoisotopic (exact) mass is 257 g/mol. The number of nitro groups is 1. The predicted molar refractivity (Wildman–Crippen MR) is 66.3 cm³/mol. The first-order chi connectivity index (χ1) is 8.15. The van der Waals surface area contributed by atoms with Gasteiger partial charge in [-0.3, -0.25) is 10.1 Å². The van der Waals surface area contributed by atoms with E-state index in [9.17, 15) is 15.2 Å². The van der Waals surface area contributed by atoms with Gasteiger partial charge in [0.25, 0.3) is 5.69 Å². The molecule has 0 aliphatic heterocycles. The van der Waals surface area contributed by atoms with Crippen molar-refractivity contribution >= 4 is 17.4 Å². The van der Waals surface area contributed by atoms with Gasteiger partial charge in [-0.15, -0.1) is 11.8 Å². The molecule has 94 valence electrons. The highest BCUT2D eigenvalue weighted by atomic mass is 32.2. The predicted octanol–water partition coefficient (Wildman–Crippen LogP) is 2.08. The summed E-state index contributed by atoms with van der Waals surface area (Å²) in [5.41, 5.74) is 0.0705. The minimum atomic E-state index is -0.611. The van der Waals surface area contributed by atoms with E-state index < -0.39 is 11.0 Å². The van der Waals surface area contributed by atoms with E-state index in [1.807, 2.05) is 6.92 Å². The molecule has 0 aromatic heterocycles. The summed E-state index contributed by atoms with van der Waals surface area (Å²) < 4.78 is 5.06. The number of thioether (sulfide) groups is 1. The Hall–Kier alpha value is -1.11. The van der Waals surface area contributed by atoms with Gasteiger partial charge in [-0.2, -0.15) is 0 Å². The van der Waals surface area contributed by atoms with Crippen LogP contribution in [-0.2, 0) is 4.74 Å². The topological polar surface area (TPSA) is 72.6 Å². The second kappa shape index (κ2) is 7.26. The number of aliphatic hydroxyl groups is 1. The maximum absolute atomic E-state index is 10.7. The third kappa shape index (κ3) is 4.72. The highest BCUT2D eigenvalue weighted by molar-refractivity contribution is 7.99. The highest BCUT2D eigenvalue weighted by Crippen LogP contribution is 2.28. The van der Waals surface area contributed by atoms with E-state index in [0.29, 0.717) is 17.3 Å². The van der Waals surface area contributed by atoms with Crippen molar-refractivity contribution in [2.75, 3.05) is 19.0 Å². The van der Waals surface area contributed by atoms with Crippen LogP contribution in [0, 0.1) is 10.1 Å². The van der Waals surface area contributed by atoms with Crippen molar-refractivity contribution in [3.63, 3.8) is 0 Å². The van der Waals surface area contributed by atoms with Crippen molar-refractivity contribution in [2.45, 2.75) is 17.9 Å². The van der Waals surface area contributed by atoms with Gasteiger partial charge in [-0.05, 0) is 13.0 Å². The van der Waals surface area contributed by atoms with Gasteiger partial charge in [-0.25, -0.2) is 0 Å². The van der Waals surface area contributed by atoms with E-state index in [2.05, 4.69) is 0 Å². The SMILES string of the molecule is CCOCC(O)CSc1ccccc1[N+](=O)[O-]. The Labute approximate surface area is 104 Å². The summed E-state index contributed by atoms with van der Waals surface area (Å²) in [7, 11) is 0. The fourth-order valence-electron chi connectivity index (χ4n) is 1.22. The van der Waals surface area contributed by atoms with Gasteiger partial charge >= 0.3 is 0 Å². The Balaban J connectivity index is 2.54. The molecular formula is C11H15NO4S. The van der Waals surface area contributed by atoms with E-state index in [0.717, 1.165) is 0 Å². The van der Waals surface area contributed by atoms with Crippen LogP contribution in [0.4, 0.5) is 5.69 Å². The van der Waals surface area contributed by atoms with Crippen LogP contribution in [0.2, 0.25) is 0 Å². The molecule has 0 spiro atoms. The second-order valence-electron chi connectivity index (χ2n) is 3.35. The molecule has 1 unspecified atom stereocenters. The largest absolute Gasteiger partial charge is 0.390 e. The Morgan fingerprint density at radius 3 is 2.88 bits per heavy atom. The third-order valence-electron chi connectivity index (χ3n) is 2.01. The quantitative estimate of drug-likeness (QED) is 0.460. The molecule has 0 saturated heterocycles. The number of hydrogen-bond acceptors (Lipinski definition) is 5. The molecule has 0 fully saturated rings. The fourth-order valence-corrected chi connectivity index (χ4v) is 2.15. The van der Waals surface area contributed by atoms with E-state index in [1.165, 1.54) is 17.8 Å². The lowest BCUT2D eigenvalue weighted by molar-refractivity contribution is -0.387. The third-order valence-corrected chi connectivity index (χ3v) is 3.22. The molecule has 1 aromatic rings. The summed E-state index contributed by atoms with van der Waals surface area (Å²) in [6, 6.07) is 6.50. The van der Waals surface area contributed by atoms with Crippen LogP contribution in [0.25, 0.3) is 0 Å². The van der Waals surface area contributed by atoms with Gasteiger partial charge in [0.15, 0.2) is 0 Å². The molecular weight excluding hydrogens is 242 g/mol. The molecule has 5 nitrogen and oxygen atoms in total. The van der Waals surface area contributed by atoms with Crippen molar-refractivity contribution in [2.24, 2.45) is 0 Å². The molecule has 0 amide bonds. The molecule has 0 heterocycles. The van der Waals surface area contributed by atoms with Crippen LogP contribution in [0.1, 0.15) is 6.92 Å². The van der Waals surface area contributed by atoms with Gasteiger partial charge in [0, 0.05) is 18.4 Å². The number of ether oxygens (including phenoxy) is 1. The van der Waals surface area contributed by atoms with Crippen LogP contribution in [-0.4, -0.2) is 35.1 Å². The minimum Gasteiger partial charge on any atom is -0.390 e. The summed E-state index contributed by atoms with van der Waals surface area (Å²) in [6.07, 6.45) is -0.611. The minimum absolute atomic E-state index is 0.0705. The lowest BCUT2D eigenvalue weighted by Gasteiger charge is -2.09. The Bertz CT molecular complexity index is 372. The zero-order valence-corrected chi connectivity index (χ0v) is 10.4. The average Bonchev–Trinajstić information content (AvgIpc) is 2.34. The van der Waals surface area contributed by atoms with Crippen molar-refractivity contribution in [3.8, 4) is 0 Å². The lowest BCUT2D eigenvalue weighted by atomic mass is 10.3. The molecule has 1 rings (SSSR count). The van der Waals surface area contributed by atoms with E-state index in [1.54, 1.807) is 18.2 Å². The Kier molecular flexibility index (Phi) is 5.96. The van der Waals surface area contributed by atoms with Gasteiger partial charge in [0.05, 0.1) is 22.5 Å². The van der Waals surface area contributed by atoms with Gasteiger partial charge in [0.2, 0.25) is 0 Å². The zero-order valence-electron chi connectivity index (χ0n) is 9.54. The number of nitro benzene ring substituents is 1. The van der Waals surface area contributed by atoms with Crippen LogP contribution < -0.4 is 0 Å². The van der Waals surface area contributed by atoms with Crippen molar-refractivity contribution in [3.05, 3.63) is 34.4 Å². The van der Waals surface area contributed by atoms with E-state index in [4.69, 9.17) is 4.74 Å². The first-order valence-electron chi connectivity index (χ1n) is 5.27. The molecule has 1 N–H and O–H groups in total. The lowest BCUT2D eigenvalue weighted by Crippen LogP contribution is -2.17. The molecule has 6 heteroatoms. The number of para-hydroxylation sites is 1. The van der Waals surface area contributed by atoms with Crippen molar-refractivity contribution < 1.29 is 14.8 Å². The normalized spacial score (nSPS) is 12.4. The van der Waals surface area contributed by atoms with Crippen LogP contribution in [0.5, 0.6) is 0 Å². The first kappa shape index (κ1) is 14.0. The second-order valence-corrected chi connectivity index (χ2v) is 4.41. The summed E-state index contributed by atoms with van der Waals surface area (Å²) in [6.45, 7) is 2.65. The standard InChI is InChI=1S/C11H15NO4S/c1-2-16-7-9(13)8-17-11-6-4-3-5-10(11)12(14)15/h3-6,9,13H,2,7-8H2,1H3. The average molecular weight is 257 g/mol. The van der Waals surface area contributed by atoms with Crippen LogP contribution >= 0.6 is 11.8 Å². The van der Waals surface area contributed by atoms with Crippen molar-refractivity contribution in [1.82, 2.24) is 0 Å². The maximum atomic E-state index is 10.7. The summed E-state index contributed by atoms with van der Waals surface area (Å²) in [5, 5.41) is 20.3. The smallest absolute Gasteiger partial charge is 0.282 e. The van der Waals surface area contributed by atoms with E-state index >= 15 is 0 Å². The first-order valence-corrected chi connectivity index (χ1v) is 6.25. The number of rotatable bonds is 7. The number of hydrogen-bond donors (Lipinski definition) is 1. The number of nitrogens with zero attached hydrogens (tertiary/aromatic N) is 1. The van der Waals surface area contributed by atoms with E-state index in [-0.39, 0.29) is 12.3 Å². The molecule has 1 aromatic carbocycles. The number of aliphatic hydroxyl groups excluding tert-OH is 1. The fraction of sp³-hybridized carbons (Fsp3) is 0.455. The Morgan fingerprint density at radius 2 is 2.24 bits per heavy atom. The Morgan fingerprint density at radius 1 is 1.53 bits per heavy atom. The molecule has 17 heavy (non-hydrogen) atoms. The maximum Gasteiger partial charge on any atom is 0.282 e. The summed E-state index contributed by atoms with van der Waals surface area (Å²) in [4.78, 5) is 10.9. The van der Waals surface area contributed by atoms with Gasteiger partial charge < -0.3 is 9.84 Å². The van der Waals surface area contributed by atoms with Gasteiger partial charge in [-0.1, -0.05) is 12.1 Å². The zero-order chi connectivity index (χ0) is 12.7. The molecule has 0 saturated carbocycles. The number of benzene rings is 1. The summed E-state index contributed by atoms with van der Waals surface area (Å²) >= 11 is 1.26. The summed E-state index contributed by atoms with van der Waals surface area (Å²) in [5.74, 6) is 0.380. The van der Waals surface area contributed by atoms with Crippen LogP contribution in [0.3, 0.4) is 0 Å². The molecule has 0 radical (unpaired) electrons. The van der Waals surface area contributed by atoms with Crippen LogP contribution in [0.15, 0.2) is 29.2 Å². The highest BCUT2D eigenvalue weighted by Gasteiger charge is 2.14. The molecule has 0 bridgehead atoms. The van der Waals surface area contributed by atoms with Crippen molar-refractivity contribution in [1.29, 1.82) is 0 Å². The molecule has 0 aliphatic carbocycles. The molecule has 0 aliphatic rings.